The average Bonchev–Trinajstić information content (AvgIpc) is 4.05. The highest BCUT2D eigenvalue weighted by molar-refractivity contribution is 7.18. The van der Waals surface area contributed by atoms with Gasteiger partial charge in [-0.3, -0.25) is 0 Å². The van der Waals surface area contributed by atoms with Gasteiger partial charge < -0.3 is 0 Å². The number of hydrogen-bond donors (Lipinski definition) is 0. The smallest absolute Gasteiger partial charge is 0.0349 e. The van der Waals surface area contributed by atoms with Crippen molar-refractivity contribution < 1.29 is 0 Å². The fraction of sp³-hybridized carbons (Fsp3) is 0. The van der Waals surface area contributed by atoms with Crippen LogP contribution in [0.25, 0.3) is 152 Å². The third-order valence-corrected chi connectivity index (χ3v) is 17.1. The van der Waals surface area contributed by atoms with Crippen molar-refractivity contribution in [2.24, 2.45) is 0 Å². The molecule has 0 unspecified atom stereocenters. The van der Waals surface area contributed by atoms with Crippen molar-refractivity contribution in [1.29, 1.82) is 0 Å². The van der Waals surface area contributed by atoms with Gasteiger partial charge in [-0.2, -0.15) is 0 Å². The van der Waals surface area contributed by atoms with E-state index in [1.54, 1.807) is 0 Å². The number of hydrogen-bond acceptors (Lipinski definition) is 1. The highest BCUT2D eigenvalue weighted by atomic mass is 32.1. The first-order chi connectivity index (χ1) is 38.2. The van der Waals surface area contributed by atoms with Crippen LogP contribution in [0.5, 0.6) is 0 Å². The Morgan fingerprint density at radius 2 is 0.545 bits per heavy atom. The van der Waals surface area contributed by atoms with Crippen molar-refractivity contribution in [3.63, 3.8) is 0 Å². The van der Waals surface area contributed by atoms with Gasteiger partial charge in [0.25, 0.3) is 0 Å². The Hall–Kier alpha value is -9.66. The zero-order valence-electron chi connectivity index (χ0n) is 42.1. The summed E-state index contributed by atoms with van der Waals surface area (Å²) in [5.74, 6) is 0. The van der Waals surface area contributed by atoms with Gasteiger partial charge in [-0.15, -0.1) is 11.3 Å². The molecule has 0 atom stereocenters. The predicted octanol–water partition coefficient (Wildman–Crippen LogP) is 22.0. The average molecular weight is 993 g/mol. The molecule has 1 aromatic heterocycles. The highest BCUT2D eigenvalue weighted by Crippen LogP contribution is 2.48. The van der Waals surface area contributed by atoms with Gasteiger partial charge in [0.2, 0.25) is 0 Å². The molecule has 0 aliphatic heterocycles. The van der Waals surface area contributed by atoms with Crippen molar-refractivity contribution in [1.82, 2.24) is 0 Å². The molecule has 1 heteroatoms. The minimum atomic E-state index is 1.19. The molecule has 0 N–H and O–H groups in total. The number of thiophene rings is 1. The molecule has 0 aliphatic carbocycles. The summed E-state index contributed by atoms with van der Waals surface area (Å²) < 4.78 is 0. The van der Waals surface area contributed by atoms with Crippen LogP contribution in [0.2, 0.25) is 0 Å². The maximum absolute atomic E-state index is 2.39. The van der Waals surface area contributed by atoms with E-state index < -0.39 is 0 Å². The second kappa shape index (κ2) is 18.6. The Morgan fingerprint density at radius 1 is 0.169 bits per heavy atom. The molecule has 77 heavy (non-hydrogen) atoms. The van der Waals surface area contributed by atoms with Crippen LogP contribution in [0.3, 0.4) is 0 Å². The molecule has 15 aromatic rings. The lowest BCUT2D eigenvalue weighted by atomic mass is 9.83. The molecule has 0 amide bonds. The molecule has 1 heterocycles. The molecule has 0 spiro atoms. The van der Waals surface area contributed by atoms with Gasteiger partial charge in [-0.25, -0.2) is 0 Å². The van der Waals surface area contributed by atoms with E-state index in [0.29, 0.717) is 0 Å². The third kappa shape index (κ3) is 7.66. The molecule has 15 rings (SSSR count). The first kappa shape index (κ1) is 44.8. The first-order valence-electron chi connectivity index (χ1n) is 26.6. The van der Waals surface area contributed by atoms with Crippen molar-refractivity contribution in [2.45, 2.75) is 0 Å². The van der Waals surface area contributed by atoms with E-state index in [0.717, 1.165) is 0 Å². The normalized spacial score (nSPS) is 11.6. The van der Waals surface area contributed by atoms with Crippen LogP contribution in [0, 0.1) is 0 Å². The Morgan fingerprint density at radius 3 is 1.12 bits per heavy atom. The standard InChI is InChI=1S/C76H48S/c1-2-18-52(19-3-1)71-45-46-72(77-71)57-21-14-22-58(48-57)75-67-27-10-12-29-69(67)76(70-30-13-11-28-68(70)75)62-34-16-32-60-59(31-15-33-61(60)62)51-38-42-54(43-39-51)74-65-25-8-6-23-63(65)73(64-24-7-9-26-66(64)74)53-40-35-50(36-41-53)56-44-37-49-17-4-5-20-55(49)47-56/h1-48H. The zero-order valence-corrected chi connectivity index (χ0v) is 42.9. The highest BCUT2D eigenvalue weighted by Gasteiger charge is 2.21. The molecule has 0 bridgehead atoms. The lowest BCUT2D eigenvalue weighted by molar-refractivity contribution is 1.62. The Balaban J connectivity index is 0.814. The minimum absolute atomic E-state index is 1.19. The molecule has 0 aliphatic rings. The van der Waals surface area contributed by atoms with Gasteiger partial charge in [-0.1, -0.05) is 267 Å². The van der Waals surface area contributed by atoms with E-state index in [1.807, 2.05) is 11.3 Å². The maximum atomic E-state index is 2.39. The van der Waals surface area contributed by atoms with Crippen LogP contribution in [0.4, 0.5) is 0 Å². The van der Waals surface area contributed by atoms with Gasteiger partial charge in [0.1, 0.15) is 0 Å². The molecule has 0 radical (unpaired) electrons. The minimum Gasteiger partial charge on any atom is -0.135 e. The summed E-state index contributed by atoms with van der Waals surface area (Å²) in [6, 6.07) is 108. The summed E-state index contributed by atoms with van der Waals surface area (Å²) >= 11 is 1.85. The van der Waals surface area contributed by atoms with Crippen molar-refractivity contribution >= 4 is 76.0 Å². The molecule has 0 fully saturated rings. The van der Waals surface area contributed by atoms with Crippen LogP contribution in [-0.2, 0) is 0 Å². The lowest BCUT2D eigenvalue weighted by Crippen LogP contribution is -1.92. The van der Waals surface area contributed by atoms with Crippen LogP contribution >= 0.6 is 11.3 Å². The number of benzene rings is 14. The van der Waals surface area contributed by atoms with Gasteiger partial charge in [0, 0.05) is 9.75 Å². The van der Waals surface area contributed by atoms with Crippen molar-refractivity contribution in [3.05, 3.63) is 291 Å². The summed E-state index contributed by atoms with van der Waals surface area (Å²) in [5, 5.41) is 15.0. The Labute approximate surface area is 452 Å². The molecule has 0 nitrogen and oxygen atoms in total. The fourth-order valence-electron chi connectivity index (χ4n) is 12.4. The van der Waals surface area contributed by atoms with E-state index in [9.17, 15) is 0 Å². The van der Waals surface area contributed by atoms with Crippen LogP contribution < -0.4 is 0 Å². The van der Waals surface area contributed by atoms with Gasteiger partial charge in [-0.05, 0) is 167 Å². The fourth-order valence-corrected chi connectivity index (χ4v) is 13.4. The summed E-state index contributed by atoms with van der Waals surface area (Å²) in [4.78, 5) is 2.55. The van der Waals surface area contributed by atoms with E-state index in [1.165, 1.54) is 152 Å². The van der Waals surface area contributed by atoms with Crippen molar-refractivity contribution in [2.75, 3.05) is 0 Å². The summed E-state index contributed by atoms with van der Waals surface area (Å²) in [5.41, 5.74) is 17.3. The molecular weight excluding hydrogens is 945 g/mol. The molecule has 358 valence electrons. The zero-order chi connectivity index (χ0) is 50.8. The van der Waals surface area contributed by atoms with Gasteiger partial charge >= 0.3 is 0 Å². The van der Waals surface area contributed by atoms with E-state index >= 15 is 0 Å². The summed E-state index contributed by atoms with van der Waals surface area (Å²) in [6.07, 6.45) is 0. The van der Waals surface area contributed by atoms with Gasteiger partial charge in [0.15, 0.2) is 0 Å². The van der Waals surface area contributed by atoms with Crippen LogP contribution in [-0.4, -0.2) is 0 Å². The monoisotopic (exact) mass is 992 g/mol. The quantitative estimate of drug-likeness (QED) is 0.133. The second-order valence-corrected chi connectivity index (χ2v) is 21.3. The lowest BCUT2D eigenvalue weighted by Gasteiger charge is -2.20. The molecule has 0 saturated carbocycles. The maximum Gasteiger partial charge on any atom is 0.0349 e. The second-order valence-electron chi connectivity index (χ2n) is 20.2. The van der Waals surface area contributed by atoms with Crippen molar-refractivity contribution in [3.8, 4) is 87.6 Å². The first-order valence-corrected chi connectivity index (χ1v) is 27.4. The Kier molecular flexibility index (Phi) is 10.8. The predicted molar refractivity (Wildman–Crippen MR) is 333 cm³/mol. The van der Waals surface area contributed by atoms with E-state index in [2.05, 4.69) is 291 Å². The largest absolute Gasteiger partial charge is 0.135 e. The van der Waals surface area contributed by atoms with Crippen LogP contribution in [0.1, 0.15) is 0 Å². The van der Waals surface area contributed by atoms with E-state index in [-0.39, 0.29) is 0 Å². The SMILES string of the molecule is c1ccc(-c2ccc(-c3cccc(-c4c5ccccc5c(-c5cccc6c(-c7ccc(-c8c9ccccc9c(-c9ccc(-c%10ccc%11ccccc%11c%10)cc9)c9ccccc89)cc7)cccc56)c5ccccc45)c3)s2)cc1. The van der Waals surface area contributed by atoms with E-state index in [4.69, 9.17) is 0 Å². The number of fused-ring (bicyclic) bond motifs is 6. The third-order valence-electron chi connectivity index (χ3n) is 15.9. The van der Waals surface area contributed by atoms with Gasteiger partial charge in [0.05, 0.1) is 0 Å². The summed E-state index contributed by atoms with van der Waals surface area (Å²) in [6.45, 7) is 0. The topological polar surface area (TPSA) is 0 Å². The molecular formula is C76H48S. The Bertz CT molecular complexity index is 4660. The number of rotatable bonds is 8. The van der Waals surface area contributed by atoms with Crippen LogP contribution in [0.15, 0.2) is 291 Å². The summed E-state index contributed by atoms with van der Waals surface area (Å²) in [7, 11) is 0. The molecule has 0 saturated heterocycles. The molecule has 14 aromatic carbocycles.